The van der Waals surface area contributed by atoms with E-state index >= 15 is 0 Å². The lowest BCUT2D eigenvalue weighted by Gasteiger charge is -2.29. The van der Waals surface area contributed by atoms with Crippen LogP contribution in [0.1, 0.15) is 18.9 Å². The van der Waals surface area contributed by atoms with Gasteiger partial charge in [0.2, 0.25) is 5.91 Å². The molecule has 2 aliphatic heterocycles. The summed E-state index contributed by atoms with van der Waals surface area (Å²) in [4.78, 5) is 14.8. The summed E-state index contributed by atoms with van der Waals surface area (Å²) in [5.41, 5.74) is 1.40. The predicted octanol–water partition coefficient (Wildman–Crippen LogP) is 1.89. The molecule has 0 saturated carbocycles. The summed E-state index contributed by atoms with van der Waals surface area (Å²) in [5.74, 6) is 0.634. The van der Waals surface area contributed by atoms with Crippen molar-refractivity contribution in [1.29, 1.82) is 0 Å². The number of hydrogen-bond acceptors (Lipinski definition) is 4. The molecule has 1 unspecified atom stereocenters. The molecule has 2 aliphatic rings. The quantitative estimate of drug-likeness (QED) is 0.761. The summed E-state index contributed by atoms with van der Waals surface area (Å²) in [7, 11) is 0. The number of rotatable bonds is 6. The average Bonchev–Trinajstić information content (AvgIpc) is 3.07. The van der Waals surface area contributed by atoms with Crippen LogP contribution in [0.25, 0.3) is 0 Å². The van der Waals surface area contributed by atoms with Gasteiger partial charge >= 0.3 is 0 Å². The molecule has 3 rings (SSSR count). The second-order valence-corrected chi connectivity index (χ2v) is 6.94. The van der Waals surface area contributed by atoms with E-state index in [1.54, 1.807) is 0 Å². The normalized spacial score (nSPS) is 25.8. The largest absolute Gasteiger partial charge is 0.375 e. The molecular formula is C19H31Cl2N3O2. The zero-order valence-corrected chi connectivity index (χ0v) is 17.0. The molecule has 1 aromatic carbocycles. The topological polar surface area (TPSA) is 53.6 Å². The van der Waals surface area contributed by atoms with E-state index < -0.39 is 0 Å². The zero-order chi connectivity index (χ0) is 16.8. The SMILES string of the molecule is C[C@H]1OCCN[C@@H]1C(=O)NCC1CCN(CCc2ccccc2)C1.Cl.Cl. The van der Waals surface area contributed by atoms with Crippen molar-refractivity contribution in [2.24, 2.45) is 5.92 Å². The Morgan fingerprint density at radius 2 is 2.08 bits per heavy atom. The second-order valence-electron chi connectivity index (χ2n) is 6.94. The van der Waals surface area contributed by atoms with Gasteiger partial charge < -0.3 is 20.3 Å². The highest BCUT2D eigenvalue weighted by Gasteiger charge is 2.29. The Labute approximate surface area is 169 Å². The van der Waals surface area contributed by atoms with Crippen LogP contribution >= 0.6 is 24.8 Å². The van der Waals surface area contributed by atoms with E-state index in [1.165, 1.54) is 12.0 Å². The number of carbonyl (C=O) groups excluding carboxylic acids is 1. The van der Waals surface area contributed by atoms with Gasteiger partial charge in [-0.2, -0.15) is 0 Å². The molecule has 5 nitrogen and oxygen atoms in total. The number of likely N-dealkylation sites (tertiary alicyclic amines) is 1. The number of halogens is 2. The van der Waals surface area contributed by atoms with Crippen LogP contribution in [0.4, 0.5) is 0 Å². The third-order valence-electron chi connectivity index (χ3n) is 5.09. The molecule has 26 heavy (non-hydrogen) atoms. The van der Waals surface area contributed by atoms with Crippen LogP contribution in [-0.2, 0) is 16.0 Å². The van der Waals surface area contributed by atoms with Crippen molar-refractivity contribution in [2.45, 2.75) is 31.9 Å². The van der Waals surface area contributed by atoms with Crippen LogP contribution in [0, 0.1) is 5.92 Å². The molecule has 0 spiro atoms. The fourth-order valence-electron chi connectivity index (χ4n) is 3.60. The van der Waals surface area contributed by atoms with Crippen molar-refractivity contribution in [3.8, 4) is 0 Å². The molecule has 2 saturated heterocycles. The third-order valence-corrected chi connectivity index (χ3v) is 5.09. The van der Waals surface area contributed by atoms with Crippen molar-refractivity contribution in [3.63, 3.8) is 0 Å². The second kappa shape index (κ2) is 11.8. The van der Waals surface area contributed by atoms with E-state index in [1.807, 2.05) is 6.92 Å². The van der Waals surface area contributed by atoms with Gasteiger partial charge in [0.1, 0.15) is 6.04 Å². The van der Waals surface area contributed by atoms with Crippen molar-refractivity contribution >= 4 is 30.7 Å². The van der Waals surface area contributed by atoms with Gasteiger partial charge in [0.05, 0.1) is 12.7 Å². The lowest BCUT2D eigenvalue weighted by atomic mass is 10.1. The minimum Gasteiger partial charge on any atom is -0.375 e. The highest BCUT2D eigenvalue weighted by molar-refractivity contribution is 5.85. The van der Waals surface area contributed by atoms with E-state index in [4.69, 9.17) is 4.74 Å². The summed E-state index contributed by atoms with van der Waals surface area (Å²) in [5, 5.41) is 6.35. The number of benzene rings is 1. The van der Waals surface area contributed by atoms with Crippen LogP contribution in [0.5, 0.6) is 0 Å². The Balaban J connectivity index is 0.00000169. The molecule has 0 aromatic heterocycles. The fraction of sp³-hybridized carbons (Fsp3) is 0.632. The summed E-state index contributed by atoms with van der Waals surface area (Å²) in [6.45, 7) is 7.47. The van der Waals surface area contributed by atoms with E-state index in [9.17, 15) is 4.79 Å². The minimum absolute atomic E-state index is 0. The van der Waals surface area contributed by atoms with Crippen molar-refractivity contribution in [2.75, 3.05) is 39.3 Å². The number of ether oxygens (including phenoxy) is 1. The number of morpholine rings is 1. The maximum absolute atomic E-state index is 12.3. The first-order valence-corrected chi connectivity index (χ1v) is 9.11. The number of nitrogens with one attached hydrogen (secondary N) is 2. The summed E-state index contributed by atoms with van der Waals surface area (Å²) in [6, 6.07) is 10.4. The van der Waals surface area contributed by atoms with Gasteiger partial charge in [-0.05, 0) is 37.8 Å². The van der Waals surface area contributed by atoms with Crippen LogP contribution in [-0.4, -0.2) is 62.3 Å². The highest BCUT2D eigenvalue weighted by Crippen LogP contribution is 2.16. The molecule has 2 heterocycles. The van der Waals surface area contributed by atoms with Crippen molar-refractivity contribution < 1.29 is 9.53 Å². The Kier molecular flexibility index (Phi) is 10.5. The number of nitrogens with zero attached hydrogens (tertiary/aromatic N) is 1. The Hall–Kier alpha value is -0.850. The van der Waals surface area contributed by atoms with Gasteiger partial charge in [0.15, 0.2) is 0 Å². The Morgan fingerprint density at radius 3 is 2.81 bits per heavy atom. The minimum atomic E-state index is -0.214. The lowest BCUT2D eigenvalue weighted by Crippen LogP contribution is -2.56. The summed E-state index contributed by atoms with van der Waals surface area (Å²) >= 11 is 0. The van der Waals surface area contributed by atoms with E-state index in [0.29, 0.717) is 12.5 Å². The van der Waals surface area contributed by atoms with Crippen molar-refractivity contribution in [1.82, 2.24) is 15.5 Å². The summed E-state index contributed by atoms with van der Waals surface area (Å²) in [6.07, 6.45) is 2.21. The molecule has 2 N–H and O–H groups in total. The standard InChI is InChI=1S/C19H29N3O2.2ClH/c1-15-18(20-9-12-24-15)19(23)21-13-17-8-11-22(14-17)10-7-16-5-3-2-4-6-16;;/h2-6,15,17-18,20H,7-14H2,1H3,(H,21,23);2*1H/t15-,17?,18+;;/m1../s1. The highest BCUT2D eigenvalue weighted by atomic mass is 35.5. The van der Waals surface area contributed by atoms with Crippen LogP contribution in [0.3, 0.4) is 0 Å². The molecule has 0 aliphatic carbocycles. The monoisotopic (exact) mass is 403 g/mol. The third kappa shape index (κ3) is 6.71. The van der Waals surface area contributed by atoms with Gasteiger partial charge in [-0.1, -0.05) is 30.3 Å². The fourth-order valence-corrected chi connectivity index (χ4v) is 3.60. The first kappa shape index (κ1) is 23.2. The molecule has 0 radical (unpaired) electrons. The average molecular weight is 404 g/mol. The van der Waals surface area contributed by atoms with Crippen molar-refractivity contribution in [3.05, 3.63) is 35.9 Å². The van der Waals surface area contributed by atoms with Crippen LogP contribution in [0.2, 0.25) is 0 Å². The van der Waals surface area contributed by atoms with Crippen LogP contribution < -0.4 is 10.6 Å². The predicted molar refractivity (Wildman–Crippen MR) is 109 cm³/mol. The Bertz CT molecular complexity index is 533. The van der Waals surface area contributed by atoms with E-state index in [-0.39, 0.29) is 42.9 Å². The molecule has 3 atom stereocenters. The Morgan fingerprint density at radius 1 is 1.31 bits per heavy atom. The number of carbonyl (C=O) groups is 1. The van der Waals surface area contributed by atoms with Gasteiger partial charge in [-0.25, -0.2) is 0 Å². The van der Waals surface area contributed by atoms with E-state index in [2.05, 4.69) is 45.9 Å². The maximum atomic E-state index is 12.3. The van der Waals surface area contributed by atoms with Gasteiger partial charge in [-0.3, -0.25) is 4.79 Å². The molecule has 0 bridgehead atoms. The molecule has 1 aromatic rings. The number of amides is 1. The molecule has 2 fully saturated rings. The molecule has 7 heteroatoms. The van der Waals surface area contributed by atoms with Gasteiger partial charge in [0.25, 0.3) is 0 Å². The smallest absolute Gasteiger partial charge is 0.239 e. The molecule has 148 valence electrons. The first-order valence-electron chi connectivity index (χ1n) is 9.11. The van der Waals surface area contributed by atoms with Gasteiger partial charge in [-0.15, -0.1) is 24.8 Å². The molecule has 1 amide bonds. The van der Waals surface area contributed by atoms with Gasteiger partial charge in [0, 0.05) is 26.2 Å². The maximum Gasteiger partial charge on any atom is 0.239 e. The molecular weight excluding hydrogens is 373 g/mol. The first-order chi connectivity index (χ1) is 11.7. The summed E-state index contributed by atoms with van der Waals surface area (Å²) < 4.78 is 5.54. The van der Waals surface area contributed by atoms with Crippen LogP contribution in [0.15, 0.2) is 30.3 Å². The number of hydrogen-bond donors (Lipinski definition) is 2. The lowest BCUT2D eigenvalue weighted by molar-refractivity contribution is -0.129. The zero-order valence-electron chi connectivity index (χ0n) is 15.4. The van der Waals surface area contributed by atoms with E-state index in [0.717, 1.165) is 39.1 Å².